The van der Waals surface area contributed by atoms with E-state index in [1.54, 1.807) is 6.20 Å². The van der Waals surface area contributed by atoms with E-state index < -0.39 is 0 Å². The van der Waals surface area contributed by atoms with Gasteiger partial charge in [-0.05, 0) is 27.5 Å². The number of fused-ring (bicyclic) bond motifs is 1. The lowest BCUT2D eigenvalue weighted by Gasteiger charge is -2.00. The molecule has 5 nitrogen and oxygen atoms in total. The molecular weight excluding hydrogens is 257 g/mol. The van der Waals surface area contributed by atoms with E-state index in [4.69, 9.17) is 17.4 Å². The Bertz CT molecular complexity index is 453. The van der Waals surface area contributed by atoms with E-state index in [9.17, 15) is 0 Å². The van der Waals surface area contributed by atoms with Gasteiger partial charge in [-0.1, -0.05) is 0 Å². The fraction of sp³-hybridized carbons (Fsp3) is 0. The number of H-pyrrole nitrogens is 1. The van der Waals surface area contributed by atoms with Gasteiger partial charge in [0.05, 0.1) is 4.47 Å². The highest BCUT2D eigenvalue weighted by Gasteiger charge is 2.09. The molecule has 0 bridgehead atoms. The third-order valence-electron chi connectivity index (χ3n) is 1.59. The number of aromatic amines is 1. The minimum Gasteiger partial charge on any atom is -0.356 e. The van der Waals surface area contributed by atoms with Gasteiger partial charge in [0, 0.05) is 6.20 Å². The van der Waals surface area contributed by atoms with Gasteiger partial charge >= 0.3 is 0 Å². The minimum atomic E-state index is 0.153. The zero-order valence-corrected chi connectivity index (χ0v) is 8.65. The monoisotopic (exact) mass is 261 g/mol. The predicted molar refractivity (Wildman–Crippen MR) is 54.4 cm³/mol. The average Bonchev–Trinajstić information content (AvgIpc) is 2.47. The van der Waals surface area contributed by atoms with Gasteiger partial charge in [-0.25, -0.2) is 10.8 Å². The molecule has 0 aliphatic carbocycles. The summed E-state index contributed by atoms with van der Waals surface area (Å²) in [4.78, 5) is 10.9. The van der Waals surface area contributed by atoms with Crippen LogP contribution in [-0.2, 0) is 0 Å². The normalized spacial score (nSPS) is 10.7. The molecule has 0 amide bonds. The summed E-state index contributed by atoms with van der Waals surface area (Å²) in [5.74, 6) is 5.73. The number of hydrazine groups is 1. The third kappa shape index (κ3) is 1.37. The van der Waals surface area contributed by atoms with E-state index in [-0.39, 0.29) is 5.28 Å². The van der Waals surface area contributed by atoms with Gasteiger partial charge < -0.3 is 10.4 Å². The maximum atomic E-state index is 5.68. The standard InChI is InChI=1S/C6H5BrClN5/c7-2-1-10-4-3(2)11-6(8)12-5(4)13-9/h1,10H,9H2,(H,11,12,13). The van der Waals surface area contributed by atoms with E-state index >= 15 is 0 Å². The Hall–Kier alpha value is -0.850. The van der Waals surface area contributed by atoms with Crippen LogP contribution in [0.25, 0.3) is 11.0 Å². The fourth-order valence-corrected chi connectivity index (χ4v) is 1.62. The van der Waals surface area contributed by atoms with Crippen LogP contribution < -0.4 is 11.3 Å². The van der Waals surface area contributed by atoms with Crippen LogP contribution in [0.5, 0.6) is 0 Å². The van der Waals surface area contributed by atoms with Crippen LogP contribution >= 0.6 is 27.5 Å². The van der Waals surface area contributed by atoms with Crippen molar-refractivity contribution in [2.24, 2.45) is 5.84 Å². The second-order valence-corrected chi connectivity index (χ2v) is 3.54. The summed E-state index contributed by atoms with van der Waals surface area (Å²) >= 11 is 8.99. The highest BCUT2D eigenvalue weighted by molar-refractivity contribution is 9.10. The van der Waals surface area contributed by atoms with Crippen molar-refractivity contribution in [3.8, 4) is 0 Å². The molecule has 0 aliphatic heterocycles. The number of nitrogens with zero attached hydrogens (tertiary/aromatic N) is 2. The van der Waals surface area contributed by atoms with Gasteiger partial charge in [-0.2, -0.15) is 4.98 Å². The molecule has 13 heavy (non-hydrogen) atoms. The van der Waals surface area contributed by atoms with Crippen LogP contribution in [0.15, 0.2) is 10.7 Å². The molecular formula is C6H5BrClN5. The zero-order chi connectivity index (χ0) is 9.42. The molecule has 0 radical (unpaired) electrons. The fourth-order valence-electron chi connectivity index (χ4n) is 1.05. The first-order chi connectivity index (χ1) is 6.22. The Morgan fingerprint density at radius 1 is 1.54 bits per heavy atom. The summed E-state index contributed by atoms with van der Waals surface area (Å²) in [6.07, 6.45) is 1.75. The summed E-state index contributed by atoms with van der Waals surface area (Å²) in [5, 5.41) is 0.153. The smallest absolute Gasteiger partial charge is 0.225 e. The molecule has 0 saturated heterocycles. The molecule has 2 aromatic heterocycles. The van der Waals surface area contributed by atoms with Crippen molar-refractivity contribution in [1.29, 1.82) is 0 Å². The van der Waals surface area contributed by atoms with E-state index in [2.05, 4.69) is 36.3 Å². The molecule has 0 saturated carbocycles. The Balaban J connectivity index is 2.84. The SMILES string of the molecule is NNc1nc(Cl)nc2c(Br)c[nH]c12. The van der Waals surface area contributed by atoms with Gasteiger partial charge in [-0.3, -0.25) is 0 Å². The number of nitrogen functional groups attached to an aromatic ring is 1. The minimum absolute atomic E-state index is 0.153. The number of aromatic nitrogens is 3. The molecule has 0 aromatic carbocycles. The van der Waals surface area contributed by atoms with Crippen molar-refractivity contribution >= 4 is 44.4 Å². The lowest BCUT2D eigenvalue weighted by molar-refractivity contribution is 1.17. The third-order valence-corrected chi connectivity index (χ3v) is 2.36. The number of nitrogens with one attached hydrogen (secondary N) is 2. The predicted octanol–water partition coefficient (Wildman–Crippen LogP) is 1.66. The molecule has 0 atom stereocenters. The molecule has 68 valence electrons. The van der Waals surface area contributed by atoms with E-state index in [0.717, 1.165) is 9.99 Å². The molecule has 0 aliphatic rings. The summed E-state index contributed by atoms with van der Waals surface area (Å²) in [5.41, 5.74) is 3.86. The van der Waals surface area contributed by atoms with E-state index in [0.29, 0.717) is 11.3 Å². The van der Waals surface area contributed by atoms with E-state index in [1.807, 2.05) is 0 Å². The first-order valence-electron chi connectivity index (χ1n) is 3.39. The van der Waals surface area contributed by atoms with Gasteiger partial charge in [0.15, 0.2) is 5.82 Å². The van der Waals surface area contributed by atoms with Gasteiger partial charge in [-0.15, -0.1) is 0 Å². The average molecular weight is 262 g/mol. The quantitative estimate of drug-likeness (QED) is 0.415. The summed E-state index contributed by atoms with van der Waals surface area (Å²) in [6, 6.07) is 0. The second kappa shape index (κ2) is 3.13. The van der Waals surface area contributed by atoms with Crippen molar-refractivity contribution in [3.63, 3.8) is 0 Å². The van der Waals surface area contributed by atoms with Crippen LogP contribution in [0.4, 0.5) is 5.82 Å². The second-order valence-electron chi connectivity index (χ2n) is 2.35. The van der Waals surface area contributed by atoms with Crippen LogP contribution in [0.1, 0.15) is 0 Å². The number of halogens is 2. The van der Waals surface area contributed by atoms with Crippen LogP contribution in [-0.4, -0.2) is 15.0 Å². The molecule has 0 fully saturated rings. The summed E-state index contributed by atoms with van der Waals surface area (Å²) in [6.45, 7) is 0. The van der Waals surface area contributed by atoms with E-state index in [1.165, 1.54) is 0 Å². The Morgan fingerprint density at radius 2 is 2.31 bits per heavy atom. The zero-order valence-electron chi connectivity index (χ0n) is 6.31. The maximum absolute atomic E-state index is 5.68. The summed E-state index contributed by atoms with van der Waals surface area (Å²) in [7, 11) is 0. The Morgan fingerprint density at radius 3 is 3.00 bits per heavy atom. The number of anilines is 1. The van der Waals surface area contributed by atoms with Crippen molar-refractivity contribution in [2.75, 3.05) is 5.43 Å². The van der Waals surface area contributed by atoms with Crippen molar-refractivity contribution in [2.45, 2.75) is 0 Å². The topological polar surface area (TPSA) is 79.6 Å². The lowest BCUT2D eigenvalue weighted by Crippen LogP contribution is -2.09. The van der Waals surface area contributed by atoms with Gasteiger partial charge in [0.25, 0.3) is 0 Å². The van der Waals surface area contributed by atoms with Crippen molar-refractivity contribution < 1.29 is 0 Å². The van der Waals surface area contributed by atoms with Crippen LogP contribution in [0, 0.1) is 0 Å². The first-order valence-corrected chi connectivity index (χ1v) is 4.56. The largest absolute Gasteiger partial charge is 0.356 e. The number of hydrogen-bond donors (Lipinski definition) is 3. The number of nitrogens with two attached hydrogens (primary N) is 1. The molecule has 7 heteroatoms. The Kier molecular flexibility index (Phi) is 2.10. The molecule has 0 unspecified atom stereocenters. The maximum Gasteiger partial charge on any atom is 0.225 e. The number of rotatable bonds is 1. The molecule has 0 spiro atoms. The van der Waals surface area contributed by atoms with Crippen molar-refractivity contribution in [1.82, 2.24) is 15.0 Å². The molecule has 2 rings (SSSR count). The highest BCUT2D eigenvalue weighted by atomic mass is 79.9. The van der Waals surface area contributed by atoms with Gasteiger partial charge in [0.1, 0.15) is 11.0 Å². The lowest BCUT2D eigenvalue weighted by atomic mass is 10.4. The molecule has 2 heterocycles. The first kappa shape index (κ1) is 8.74. The molecule has 4 N–H and O–H groups in total. The highest BCUT2D eigenvalue weighted by Crippen LogP contribution is 2.26. The van der Waals surface area contributed by atoms with Crippen molar-refractivity contribution in [3.05, 3.63) is 16.0 Å². The Labute approximate surface area is 86.8 Å². The summed E-state index contributed by atoms with van der Waals surface area (Å²) < 4.78 is 0.823. The van der Waals surface area contributed by atoms with Crippen LogP contribution in [0.2, 0.25) is 5.28 Å². The van der Waals surface area contributed by atoms with Crippen LogP contribution in [0.3, 0.4) is 0 Å². The number of hydrogen-bond acceptors (Lipinski definition) is 4. The molecule has 2 aromatic rings. The van der Waals surface area contributed by atoms with Gasteiger partial charge in [0.2, 0.25) is 5.28 Å².